The number of hydrogen-bond acceptors (Lipinski definition) is 8. The summed E-state index contributed by atoms with van der Waals surface area (Å²) in [5, 5.41) is 11.0. The van der Waals surface area contributed by atoms with Crippen molar-refractivity contribution in [3.63, 3.8) is 0 Å². The van der Waals surface area contributed by atoms with Crippen LogP contribution in [0.4, 0.5) is 19.1 Å². The molecule has 0 aromatic carbocycles. The van der Waals surface area contributed by atoms with Crippen LogP contribution in [0, 0.1) is 6.92 Å². The van der Waals surface area contributed by atoms with E-state index in [0.717, 1.165) is 6.07 Å². The Morgan fingerprint density at radius 3 is 2.62 bits per heavy atom. The summed E-state index contributed by atoms with van der Waals surface area (Å²) in [6.07, 6.45) is -3.62. The lowest BCUT2D eigenvalue weighted by Gasteiger charge is -2.30. The molecule has 3 aromatic rings. The average Bonchev–Trinajstić information content (AvgIpc) is 3.26. The van der Waals surface area contributed by atoms with E-state index >= 15 is 0 Å². The molecule has 0 saturated carbocycles. The SMILES string of the molecule is COc1nc(C2=CCN(c3nc(C)n(Cc4ccc(C(F)(F)F)s4)c(=O)n3)C[C@@H]2O)ccc1Cl. The Hall–Kier alpha value is -2.96. The van der Waals surface area contributed by atoms with Crippen LogP contribution in [0.3, 0.4) is 0 Å². The summed E-state index contributed by atoms with van der Waals surface area (Å²) in [5.41, 5.74) is 0.447. The Morgan fingerprint density at radius 1 is 1.24 bits per heavy atom. The lowest BCUT2D eigenvalue weighted by Crippen LogP contribution is -2.40. The fourth-order valence-corrected chi connectivity index (χ4v) is 4.55. The summed E-state index contributed by atoms with van der Waals surface area (Å²) in [6.45, 7) is 1.93. The molecular formula is C21H19ClF3N5O3S. The lowest BCUT2D eigenvalue weighted by atomic mass is 10.0. The van der Waals surface area contributed by atoms with Crippen LogP contribution < -0.4 is 15.3 Å². The zero-order valence-corrected chi connectivity index (χ0v) is 19.6. The molecule has 0 radical (unpaired) electrons. The van der Waals surface area contributed by atoms with Crippen LogP contribution in [-0.2, 0) is 12.7 Å². The number of ether oxygens (including phenoxy) is 1. The van der Waals surface area contributed by atoms with Crippen molar-refractivity contribution in [1.82, 2.24) is 19.5 Å². The fourth-order valence-electron chi connectivity index (χ4n) is 3.50. The van der Waals surface area contributed by atoms with Gasteiger partial charge in [0.2, 0.25) is 11.8 Å². The van der Waals surface area contributed by atoms with Crippen molar-refractivity contribution in [3.8, 4) is 5.88 Å². The first-order valence-corrected chi connectivity index (χ1v) is 11.2. The van der Waals surface area contributed by atoms with Gasteiger partial charge in [0.15, 0.2) is 0 Å². The number of rotatable bonds is 5. The summed E-state index contributed by atoms with van der Waals surface area (Å²) in [5.74, 6) is 0.660. The van der Waals surface area contributed by atoms with E-state index in [9.17, 15) is 23.1 Å². The van der Waals surface area contributed by atoms with Crippen molar-refractivity contribution < 1.29 is 23.0 Å². The van der Waals surface area contributed by atoms with Gasteiger partial charge in [0.1, 0.15) is 15.7 Å². The van der Waals surface area contributed by atoms with Crippen LogP contribution in [0.2, 0.25) is 5.02 Å². The number of aliphatic hydroxyl groups excluding tert-OH is 1. The number of hydrogen-bond donors (Lipinski definition) is 1. The summed E-state index contributed by atoms with van der Waals surface area (Å²) in [7, 11) is 1.45. The van der Waals surface area contributed by atoms with Crippen LogP contribution in [-0.4, -0.2) is 50.9 Å². The Labute approximate surface area is 200 Å². The van der Waals surface area contributed by atoms with E-state index in [1.54, 1.807) is 30.0 Å². The average molecular weight is 514 g/mol. The third kappa shape index (κ3) is 4.93. The first kappa shape index (κ1) is 24.2. The second-order valence-electron chi connectivity index (χ2n) is 7.47. The van der Waals surface area contributed by atoms with Gasteiger partial charge in [-0.25, -0.2) is 9.78 Å². The smallest absolute Gasteiger partial charge is 0.425 e. The normalized spacial score (nSPS) is 16.5. The molecule has 8 nitrogen and oxygen atoms in total. The third-order valence-corrected chi connectivity index (χ3v) is 6.61. The molecule has 0 amide bonds. The number of pyridine rings is 1. The summed E-state index contributed by atoms with van der Waals surface area (Å²) in [6, 6.07) is 5.62. The highest BCUT2D eigenvalue weighted by Crippen LogP contribution is 2.35. The largest absolute Gasteiger partial charge is 0.480 e. The number of thiophene rings is 1. The van der Waals surface area contributed by atoms with E-state index in [4.69, 9.17) is 16.3 Å². The van der Waals surface area contributed by atoms with Gasteiger partial charge >= 0.3 is 11.9 Å². The Bertz CT molecular complexity index is 1310. The maximum atomic E-state index is 12.9. The summed E-state index contributed by atoms with van der Waals surface area (Å²) < 4.78 is 44.9. The zero-order chi connectivity index (χ0) is 24.6. The van der Waals surface area contributed by atoms with Gasteiger partial charge in [-0.05, 0) is 31.2 Å². The van der Waals surface area contributed by atoms with Crippen molar-refractivity contribution in [2.24, 2.45) is 0 Å². The number of aliphatic hydroxyl groups is 1. The number of halogens is 4. The number of nitrogens with zero attached hydrogens (tertiary/aromatic N) is 5. The van der Waals surface area contributed by atoms with E-state index in [1.165, 1.54) is 17.7 Å². The highest BCUT2D eigenvalue weighted by atomic mass is 35.5. The van der Waals surface area contributed by atoms with Gasteiger partial charge < -0.3 is 14.7 Å². The zero-order valence-electron chi connectivity index (χ0n) is 18.0. The van der Waals surface area contributed by atoms with E-state index in [2.05, 4.69) is 15.0 Å². The van der Waals surface area contributed by atoms with Gasteiger partial charge in [-0.1, -0.05) is 17.7 Å². The summed E-state index contributed by atoms with van der Waals surface area (Å²) >= 11 is 6.59. The molecule has 1 atom stereocenters. The highest BCUT2D eigenvalue weighted by Gasteiger charge is 2.32. The number of aryl methyl sites for hydroxylation is 1. The van der Waals surface area contributed by atoms with Crippen molar-refractivity contribution in [1.29, 1.82) is 0 Å². The van der Waals surface area contributed by atoms with Crippen molar-refractivity contribution in [2.75, 3.05) is 25.1 Å². The molecule has 13 heteroatoms. The monoisotopic (exact) mass is 513 g/mol. The fraction of sp³-hybridized carbons (Fsp3) is 0.333. The minimum atomic E-state index is -4.43. The number of methoxy groups -OCH3 is 1. The molecular weight excluding hydrogens is 495 g/mol. The number of anilines is 1. The minimum absolute atomic E-state index is 0.0670. The van der Waals surface area contributed by atoms with Gasteiger partial charge in [0.25, 0.3) is 0 Å². The molecule has 4 rings (SSSR count). The van der Waals surface area contributed by atoms with E-state index in [1.807, 2.05) is 0 Å². The molecule has 0 aliphatic carbocycles. The van der Waals surface area contributed by atoms with Gasteiger partial charge in [-0.15, -0.1) is 11.3 Å². The maximum absolute atomic E-state index is 12.9. The van der Waals surface area contributed by atoms with Crippen molar-refractivity contribution in [3.05, 3.63) is 67.1 Å². The van der Waals surface area contributed by atoms with E-state index < -0.39 is 22.8 Å². The van der Waals surface area contributed by atoms with Crippen LogP contribution in [0.25, 0.3) is 5.57 Å². The molecule has 0 bridgehead atoms. The number of β-amino-alcohol motifs (C(OH)–C–C–N with tert-alkyl or cyclic N) is 1. The van der Waals surface area contributed by atoms with Crippen molar-refractivity contribution >= 4 is 34.5 Å². The molecule has 0 fully saturated rings. The number of alkyl halides is 3. The first-order chi connectivity index (χ1) is 16.1. The Balaban J connectivity index is 1.54. The molecule has 0 saturated heterocycles. The molecule has 0 spiro atoms. The molecule has 4 heterocycles. The Kier molecular flexibility index (Phi) is 6.65. The molecule has 34 heavy (non-hydrogen) atoms. The lowest BCUT2D eigenvalue weighted by molar-refractivity contribution is -0.134. The predicted octanol–water partition coefficient (Wildman–Crippen LogP) is 3.40. The molecule has 180 valence electrons. The highest BCUT2D eigenvalue weighted by molar-refractivity contribution is 7.12. The van der Waals surface area contributed by atoms with Gasteiger partial charge in [0, 0.05) is 17.0 Å². The molecule has 1 aliphatic heterocycles. The maximum Gasteiger partial charge on any atom is 0.425 e. The van der Waals surface area contributed by atoms with Crippen LogP contribution >= 0.6 is 22.9 Å². The van der Waals surface area contributed by atoms with E-state index in [0.29, 0.717) is 44.9 Å². The Morgan fingerprint density at radius 2 is 2.00 bits per heavy atom. The second kappa shape index (κ2) is 9.35. The van der Waals surface area contributed by atoms with Crippen LogP contribution in [0.1, 0.15) is 21.3 Å². The van der Waals surface area contributed by atoms with Gasteiger partial charge in [-0.3, -0.25) is 4.57 Å². The van der Waals surface area contributed by atoms with Gasteiger partial charge in [0.05, 0.1) is 32.0 Å². The van der Waals surface area contributed by atoms with Crippen LogP contribution in [0.15, 0.2) is 35.1 Å². The standard InChI is InChI=1S/C21H19ClF3N5O3S/c1-11-26-19(28-20(32)30(11)9-12-3-6-17(34-12)21(23,24)25)29-8-7-13(16(31)10-29)15-5-4-14(22)18(27-15)33-2/h3-7,16,31H,8-10H2,1-2H3/t16-/m0/s1. The molecule has 1 N–H and O–H groups in total. The molecule has 1 aliphatic rings. The predicted molar refractivity (Wildman–Crippen MR) is 121 cm³/mol. The van der Waals surface area contributed by atoms with Crippen LogP contribution in [0.5, 0.6) is 5.88 Å². The third-order valence-electron chi connectivity index (χ3n) is 5.20. The minimum Gasteiger partial charge on any atom is -0.480 e. The van der Waals surface area contributed by atoms with E-state index in [-0.39, 0.29) is 24.9 Å². The number of aromatic nitrogens is 4. The quantitative estimate of drug-likeness (QED) is 0.559. The van der Waals surface area contributed by atoms with Gasteiger partial charge in [-0.2, -0.15) is 23.1 Å². The van der Waals surface area contributed by atoms with Crippen molar-refractivity contribution in [2.45, 2.75) is 25.7 Å². The summed E-state index contributed by atoms with van der Waals surface area (Å²) in [4.78, 5) is 26.5. The second-order valence-corrected chi connectivity index (χ2v) is 9.05. The first-order valence-electron chi connectivity index (χ1n) is 10.0. The molecule has 3 aromatic heterocycles. The molecule has 0 unspecified atom stereocenters. The topological polar surface area (TPSA) is 93.4 Å².